The molecule has 0 aliphatic heterocycles. The number of aliphatic hydroxyl groups is 1. The summed E-state index contributed by atoms with van der Waals surface area (Å²) in [7, 11) is 0. The molecule has 2 nitrogen and oxygen atoms in total. The van der Waals surface area contributed by atoms with Gasteiger partial charge in [0.05, 0.1) is 12.0 Å². The third-order valence-corrected chi connectivity index (χ3v) is 4.52. The Morgan fingerprint density at radius 2 is 2.11 bits per heavy atom. The van der Waals surface area contributed by atoms with Crippen LogP contribution in [0.5, 0.6) is 0 Å². The second kappa shape index (κ2) is 4.44. The van der Waals surface area contributed by atoms with Crippen molar-refractivity contribution in [1.82, 2.24) is 0 Å². The highest BCUT2D eigenvalue weighted by Crippen LogP contribution is 2.72. The number of halogens is 4. The Bertz CT molecular complexity index is 479. The van der Waals surface area contributed by atoms with Gasteiger partial charge in [0.2, 0.25) is 0 Å². The number of aldehydes is 1. The van der Waals surface area contributed by atoms with Crippen LogP contribution in [0.3, 0.4) is 0 Å². The number of benzene rings is 1. The van der Waals surface area contributed by atoms with E-state index in [4.69, 9.17) is 23.2 Å². The fourth-order valence-electron chi connectivity index (χ4n) is 2.24. The number of hydrogen-bond acceptors (Lipinski definition) is 2. The topological polar surface area (TPSA) is 37.3 Å². The van der Waals surface area contributed by atoms with E-state index >= 15 is 0 Å². The fourth-order valence-corrected chi connectivity index (χ4v) is 3.20. The number of carbonyl (C=O) groups excluding carboxylic acids is 1. The van der Waals surface area contributed by atoms with Crippen LogP contribution >= 0.6 is 23.2 Å². The summed E-state index contributed by atoms with van der Waals surface area (Å²) in [5.41, 5.74) is -1.04. The van der Waals surface area contributed by atoms with Gasteiger partial charge in [0, 0.05) is 11.5 Å². The van der Waals surface area contributed by atoms with Gasteiger partial charge in [-0.25, -0.2) is 8.78 Å². The van der Waals surface area contributed by atoms with Crippen molar-refractivity contribution in [1.29, 1.82) is 0 Å². The van der Waals surface area contributed by atoms with Crippen molar-refractivity contribution in [2.75, 3.05) is 6.61 Å². The number of rotatable bonds is 4. The van der Waals surface area contributed by atoms with Gasteiger partial charge in [-0.05, 0) is 11.6 Å². The summed E-state index contributed by atoms with van der Waals surface area (Å²) in [6.07, 6.45) is -2.12. The van der Waals surface area contributed by atoms with E-state index in [1.165, 1.54) is 18.2 Å². The lowest BCUT2D eigenvalue weighted by atomic mass is 10.00. The van der Waals surface area contributed by atoms with E-state index in [1.807, 2.05) is 0 Å². The normalized spacial score (nSPS) is 29.3. The molecule has 1 saturated carbocycles. The van der Waals surface area contributed by atoms with Crippen LogP contribution in [0.15, 0.2) is 24.3 Å². The van der Waals surface area contributed by atoms with Gasteiger partial charge >= 0.3 is 0 Å². The number of alkyl halides is 4. The Morgan fingerprint density at radius 3 is 2.56 bits per heavy atom. The van der Waals surface area contributed by atoms with Crippen LogP contribution in [0, 0.1) is 5.41 Å². The second-order valence-electron chi connectivity index (χ2n) is 4.34. The average molecular weight is 295 g/mol. The van der Waals surface area contributed by atoms with Crippen molar-refractivity contribution in [3.8, 4) is 0 Å². The van der Waals surface area contributed by atoms with Gasteiger partial charge in [-0.2, -0.15) is 0 Å². The third kappa shape index (κ3) is 1.75. The number of hydrogen-bond donors (Lipinski definition) is 1. The predicted molar refractivity (Wildman–Crippen MR) is 64.2 cm³/mol. The molecule has 2 unspecified atom stereocenters. The van der Waals surface area contributed by atoms with Crippen molar-refractivity contribution >= 4 is 29.5 Å². The lowest BCUT2D eigenvalue weighted by Gasteiger charge is -2.06. The average Bonchev–Trinajstić information content (AvgIpc) is 2.86. The summed E-state index contributed by atoms with van der Waals surface area (Å²) in [6, 6.07) is 5.56. The first-order valence-electron chi connectivity index (χ1n) is 5.23. The molecule has 0 spiro atoms. The van der Waals surface area contributed by atoms with Gasteiger partial charge in [-0.1, -0.05) is 41.4 Å². The molecular weight excluding hydrogens is 285 g/mol. The van der Waals surface area contributed by atoms with E-state index in [-0.39, 0.29) is 5.56 Å². The minimum absolute atomic E-state index is 0.165. The Kier molecular flexibility index (Phi) is 3.38. The molecule has 1 N–H and O–H groups in total. The fraction of sp³-hybridized carbons (Fsp3) is 0.417. The van der Waals surface area contributed by atoms with Crippen LogP contribution < -0.4 is 0 Å². The molecule has 0 heterocycles. The minimum atomic E-state index is -2.61. The monoisotopic (exact) mass is 294 g/mol. The molecular formula is C12H10Cl2F2O2. The molecule has 1 aromatic rings. The lowest BCUT2D eigenvalue weighted by Crippen LogP contribution is -2.16. The van der Waals surface area contributed by atoms with Crippen molar-refractivity contribution in [2.45, 2.75) is 16.7 Å². The minimum Gasteiger partial charge on any atom is -0.395 e. The predicted octanol–water partition coefficient (Wildman–Crippen LogP) is 3.07. The van der Waals surface area contributed by atoms with Crippen molar-refractivity contribution in [3.05, 3.63) is 35.4 Å². The second-order valence-corrected chi connectivity index (χ2v) is 5.73. The zero-order valence-electron chi connectivity index (χ0n) is 9.12. The van der Waals surface area contributed by atoms with Crippen LogP contribution in [0.1, 0.15) is 23.5 Å². The summed E-state index contributed by atoms with van der Waals surface area (Å²) in [5, 5.41) is 9.25. The maximum Gasteiger partial charge on any atom is 0.263 e. The number of aliphatic hydroxyl groups excluding tert-OH is 1. The summed E-state index contributed by atoms with van der Waals surface area (Å²) in [4.78, 5) is 11.1. The van der Waals surface area contributed by atoms with Crippen LogP contribution in [-0.2, 0) is 4.79 Å². The molecule has 1 aromatic carbocycles. The van der Waals surface area contributed by atoms with E-state index in [0.29, 0.717) is 11.8 Å². The standard InChI is InChI=1S/C12H10Cl2F2O2/c13-12(14)9(11(12,5-17)6-18)7-2-1-3-8(4-7)10(15)16/h1-5,9-10,18H,6H2. The Balaban J connectivity index is 2.40. The molecule has 0 aromatic heterocycles. The van der Waals surface area contributed by atoms with E-state index < -0.39 is 28.7 Å². The molecule has 2 atom stereocenters. The third-order valence-electron chi connectivity index (χ3n) is 3.38. The SMILES string of the molecule is O=CC1(CO)C(c2cccc(C(F)F)c2)C1(Cl)Cl. The molecule has 18 heavy (non-hydrogen) atoms. The summed E-state index contributed by atoms with van der Waals surface area (Å²) in [6.45, 7) is -0.521. The van der Waals surface area contributed by atoms with E-state index in [0.717, 1.165) is 0 Å². The maximum absolute atomic E-state index is 12.6. The summed E-state index contributed by atoms with van der Waals surface area (Å²) < 4.78 is 23.7. The summed E-state index contributed by atoms with van der Waals surface area (Å²) >= 11 is 12.0. The molecule has 1 aliphatic rings. The molecule has 0 amide bonds. The zero-order valence-corrected chi connectivity index (χ0v) is 10.6. The Morgan fingerprint density at radius 1 is 1.44 bits per heavy atom. The van der Waals surface area contributed by atoms with Gasteiger partial charge in [-0.15, -0.1) is 0 Å². The van der Waals surface area contributed by atoms with Crippen LogP contribution in [0.2, 0.25) is 0 Å². The van der Waals surface area contributed by atoms with Gasteiger partial charge in [0.15, 0.2) is 0 Å². The van der Waals surface area contributed by atoms with E-state index in [2.05, 4.69) is 0 Å². The first kappa shape index (κ1) is 13.7. The Labute approximate surface area is 113 Å². The maximum atomic E-state index is 12.6. The molecule has 6 heteroatoms. The first-order valence-corrected chi connectivity index (χ1v) is 5.99. The van der Waals surface area contributed by atoms with E-state index in [9.17, 15) is 18.7 Å². The van der Waals surface area contributed by atoms with Crippen LogP contribution in [0.4, 0.5) is 8.78 Å². The van der Waals surface area contributed by atoms with Crippen LogP contribution in [-0.4, -0.2) is 22.3 Å². The zero-order chi connectivity index (χ0) is 13.6. The number of carbonyl (C=O) groups is 1. The van der Waals surface area contributed by atoms with Gasteiger partial charge < -0.3 is 9.90 Å². The van der Waals surface area contributed by atoms with Crippen molar-refractivity contribution < 1.29 is 18.7 Å². The first-order chi connectivity index (χ1) is 8.40. The van der Waals surface area contributed by atoms with Gasteiger partial charge in [0.1, 0.15) is 10.6 Å². The Hall–Kier alpha value is -0.710. The van der Waals surface area contributed by atoms with Gasteiger partial charge in [0.25, 0.3) is 6.43 Å². The van der Waals surface area contributed by atoms with E-state index in [1.54, 1.807) is 6.07 Å². The van der Waals surface area contributed by atoms with Crippen molar-refractivity contribution in [3.63, 3.8) is 0 Å². The highest BCUT2D eigenvalue weighted by molar-refractivity contribution is 6.54. The van der Waals surface area contributed by atoms with Gasteiger partial charge in [-0.3, -0.25) is 0 Å². The molecule has 0 saturated heterocycles. The summed E-state index contributed by atoms with van der Waals surface area (Å²) in [5.74, 6) is -0.672. The van der Waals surface area contributed by atoms with Crippen LogP contribution in [0.25, 0.3) is 0 Å². The largest absolute Gasteiger partial charge is 0.395 e. The molecule has 0 radical (unpaired) electrons. The quantitative estimate of drug-likeness (QED) is 0.684. The smallest absolute Gasteiger partial charge is 0.263 e. The molecule has 1 fully saturated rings. The van der Waals surface area contributed by atoms with Crippen molar-refractivity contribution in [2.24, 2.45) is 5.41 Å². The highest BCUT2D eigenvalue weighted by atomic mass is 35.5. The molecule has 0 bridgehead atoms. The molecule has 2 rings (SSSR count). The lowest BCUT2D eigenvalue weighted by molar-refractivity contribution is -0.113. The highest BCUT2D eigenvalue weighted by Gasteiger charge is 2.76. The molecule has 1 aliphatic carbocycles. The molecule has 98 valence electrons.